The van der Waals surface area contributed by atoms with Gasteiger partial charge in [-0.05, 0) is 30.2 Å². The number of hydrogen-bond donors (Lipinski definition) is 0. The van der Waals surface area contributed by atoms with E-state index < -0.39 is 0 Å². The van der Waals surface area contributed by atoms with E-state index in [0.29, 0.717) is 18.6 Å². The molecule has 25 heavy (non-hydrogen) atoms. The first-order valence-electron chi connectivity index (χ1n) is 8.84. The molecule has 0 atom stereocenters. The Hall–Kier alpha value is -1.29. The molecule has 2 aromatic rings. The summed E-state index contributed by atoms with van der Waals surface area (Å²) in [5.74, 6) is 1.38. The number of carbonyl (C=O) groups is 1. The summed E-state index contributed by atoms with van der Waals surface area (Å²) in [7, 11) is 0. The SMILES string of the molecule is CCCCCCCOC(=O)c1cccc2c1Cc1ccccc1O2.[Na]. The molecule has 4 heteroatoms. The van der Waals surface area contributed by atoms with E-state index in [2.05, 4.69) is 6.92 Å². The predicted octanol–water partition coefficient (Wildman–Crippen LogP) is 5.13. The molecule has 0 spiro atoms. The molecule has 0 saturated heterocycles. The number of para-hydroxylation sites is 1. The Morgan fingerprint density at radius 1 is 1.00 bits per heavy atom. The second-order valence-electron chi connectivity index (χ2n) is 6.22. The van der Waals surface area contributed by atoms with Gasteiger partial charge in [-0.2, -0.15) is 0 Å². The van der Waals surface area contributed by atoms with Crippen molar-refractivity contribution in [3.8, 4) is 11.5 Å². The largest absolute Gasteiger partial charge is 0.462 e. The summed E-state index contributed by atoms with van der Waals surface area (Å²) in [6, 6.07) is 13.5. The molecule has 1 radical (unpaired) electrons. The molecular formula is C21H24NaO3. The number of benzene rings is 2. The first-order valence-corrected chi connectivity index (χ1v) is 8.84. The summed E-state index contributed by atoms with van der Waals surface area (Å²) in [4.78, 5) is 12.4. The number of ether oxygens (including phenoxy) is 2. The molecule has 127 valence electrons. The van der Waals surface area contributed by atoms with Crippen molar-refractivity contribution in [1.82, 2.24) is 0 Å². The summed E-state index contributed by atoms with van der Waals surface area (Å²) in [5.41, 5.74) is 2.65. The fourth-order valence-electron chi connectivity index (χ4n) is 3.04. The summed E-state index contributed by atoms with van der Waals surface area (Å²) in [5, 5.41) is 0. The normalized spacial score (nSPS) is 11.6. The van der Waals surface area contributed by atoms with Gasteiger partial charge >= 0.3 is 5.97 Å². The maximum atomic E-state index is 12.4. The third-order valence-electron chi connectivity index (χ3n) is 4.39. The van der Waals surface area contributed by atoms with Crippen LogP contribution in [-0.2, 0) is 11.2 Å². The van der Waals surface area contributed by atoms with E-state index in [0.717, 1.165) is 35.5 Å². The van der Waals surface area contributed by atoms with Gasteiger partial charge in [0, 0.05) is 41.5 Å². The molecule has 0 unspecified atom stereocenters. The summed E-state index contributed by atoms with van der Waals surface area (Å²) in [6.07, 6.45) is 6.42. The van der Waals surface area contributed by atoms with E-state index >= 15 is 0 Å². The van der Waals surface area contributed by atoms with Gasteiger partial charge in [0.15, 0.2) is 0 Å². The molecule has 0 fully saturated rings. The summed E-state index contributed by atoms with van der Waals surface area (Å²) < 4.78 is 11.4. The van der Waals surface area contributed by atoms with Crippen molar-refractivity contribution in [1.29, 1.82) is 0 Å². The minimum atomic E-state index is -0.245. The minimum Gasteiger partial charge on any atom is -0.462 e. The Balaban J connectivity index is 0.00000225. The first-order chi connectivity index (χ1) is 11.8. The molecular weight excluding hydrogens is 323 g/mol. The van der Waals surface area contributed by atoms with Gasteiger partial charge in [-0.1, -0.05) is 56.9 Å². The van der Waals surface area contributed by atoms with Gasteiger partial charge in [0.25, 0.3) is 0 Å². The van der Waals surface area contributed by atoms with Crippen LogP contribution in [0.2, 0.25) is 0 Å². The van der Waals surface area contributed by atoms with Gasteiger partial charge in [0.1, 0.15) is 11.5 Å². The van der Waals surface area contributed by atoms with Gasteiger partial charge in [-0.25, -0.2) is 4.79 Å². The Morgan fingerprint density at radius 3 is 2.60 bits per heavy atom. The van der Waals surface area contributed by atoms with E-state index in [-0.39, 0.29) is 35.5 Å². The van der Waals surface area contributed by atoms with Crippen LogP contribution in [0.25, 0.3) is 0 Å². The third-order valence-corrected chi connectivity index (χ3v) is 4.39. The predicted molar refractivity (Wildman–Crippen MR) is 101 cm³/mol. The summed E-state index contributed by atoms with van der Waals surface area (Å²) in [6.45, 7) is 2.68. The van der Waals surface area contributed by atoms with E-state index in [4.69, 9.17) is 9.47 Å². The van der Waals surface area contributed by atoms with Crippen LogP contribution in [-0.4, -0.2) is 42.1 Å². The molecule has 1 heterocycles. The Kier molecular flexibility index (Phi) is 8.01. The second kappa shape index (κ2) is 10.0. The third kappa shape index (κ3) is 5.10. The molecule has 0 aromatic heterocycles. The zero-order valence-corrected chi connectivity index (χ0v) is 17.2. The smallest absolute Gasteiger partial charge is 0.338 e. The van der Waals surface area contributed by atoms with E-state index in [1.807, 2.05) is 42.5 Å². The molecule has 3 rings (SSSR count). The van der Waals surface area contributed by atoms with Crippen molar-refractivity contribution in [2.45, 2.75) is 45.4 Å². The zero-order valence-electron chi connectivity index (χ0n) is 15.2. The molecule has 1 aliphatic rings. The Bertz CT molecular complexity index is 712. The zero-order chi connectivity index (χ0) is 16.8. The van der Waals surface area contributed by atoms with Crippen molar-refractivity contribution in [2.24, 2.45) is 0 Å². The van der Waals surface area contributed by atoms with Crippen molar-refractivity contribution >= 4 is 35.5 Å². The maximum absolute atomic E-state index is 12.4. The maximum Gasteiger partial charge on any atom is 0.338 e. The van der Waals surface area contributed by atoms with Crippen LogP contribution in [0, 0.1) is 0 Å². The van der Waals surface area contributed by atoms with Crippen molar-refractivity contribution in [2.75, 3.05) is 6.61 Å². The second-order valence-corrected chi connectivity index (χ2v) is 6.22. The Morgan fingerprint density at radius 2 is 1.76 bits per heavy atom. The molecule has 3 nitrogen and oxygen atoms in total. The van der Waals surface area contributed by atoms with Crippen molar-refractivity contribution < 1.29 is 14.3 Å². The fraction of sp³-hybridized carbons (Fsp3) is 0.381. The van der Waals surface area contributed by atoms with E-state index in [9.17, 15) is 4.79 Å². The first kappa shape index (κ1) is 20.0. The van der Waals surface area contributed by atoms with Gasteiger partial charge in [0.05, 0.1) is 12.2 Å². The minimum absolute atomic E-state index is 0. The number of rotatable bonds is 7. The van der Waals surface area contributed by atoms with Crippen LogP contribution >= 0.6 is 0 Å². The number of esters is 1. The van der Waals surface area contributed by atoms with Crippen LogP contribution in [0.5, 0.6) is 11.5 Å². The fourth-order valence-corrected chi connectivity index (χ4v) is 3.04. The van der Waals surface area contributed by atoms with Crippen LogP contribution in [0.1, 0.15) is 60.5 Å². The molecule has 0 saturated carbocycles. The monoisotopic (exact) mass is 347 g/mol. The van der Waals surface area contributed by atoms with Crippen LogP contribution < -0.4 is 4.74 Å². The Labute approximate surface area is 172 Å². The average Bonchev–Trinajstić information content (AvgIpc) is 2.62. The standard InChI is InChI=1S/C21H24O3.Na/c1-2-3-4-5-8-14-23-21(22)17-11-9-13-20-18(17)15-16-10-6-7-12-19(16)24-20;/h6-7,9-13H,2-5,8,14-15H2,1H3;. The van der Waals surface area contributed by atoms with E-state index in [1.165, 1.54) is 19.3 Å². The number of fused-ring (bicyclic) bond motifs is 2. The number of hydrogen-bond acceptors (Lipinski definition) is 3. The number of unbranched alkanes of at least 4 members (excludes halogenated alkanes) is 4. The van der Waals surface area contributed by atoms with Crippen molar-refractivity contribution in [3.05, 3.63) is 59.2 Å². The number of carbonyl (C=O) groups excluding carboxylic acids is 1. The van der Waals surface area contributed by atoms with Crippen LogP contribution in [0.3, 0.4) is 0 Å². The van der Waals surface area contributed by atoms with E-state index in [1.54, 1.807) is 0 Å². The molecule has 1 aliphatic heterocycles. The quantitative estimate of drug-likeness (QED) is 0.338. The van der Waals surface area contributed by atoms with Gasteiger partial charge < -0.3 is 9.47 Å². The average molecular weight is 347 g/mol. The molecule has 0 bridgehead atoms. The topological polar surface area (TPSA) is 35.5 Å². The van der Waals surface area contributed by atoms with Gasteiger partial charge in [0.2, 0.25) is 0 Å². The van der Waals surface area contributed by atoms with Crippen LogP contribution in [0.15, 0.2) is 42.5 Å². The molecule has 2 aromatic carbocycles. The summed E-state index contributed by atoms with van der Waals surface area (Å²) >= 11 is 0. The van der Waals surface area contributed by atoms with Crippen molar-refractivity contribution in [3.63, 3.8) is 0 Å². The van der Waals surface area contributed by atoms with Crippen LogP contribution in [0.4, 0.5) is 0 Å². The van der Waals surface area contributed by atoms with Gasteiger partial charge in [-0.15, -0.1) is 0 Å². The molecule has 0 N–H and O–H groups in total. The molecule has 0 amide bonds. The molecule has 0 aliphatic carbocycles. The van der Waals surface area contributed by atoms with Gasteiger partial charge in [-0.3, -0.25) is 0 Å².